The van der Waals surface area contributed by atoms with Crippen LogP contribution in [0.5, 0.6) is 17.2 Å². The van der Waals surface area contributed by atoms with Crippen LogP contribution in [0.25, 0.3) is 0 Å². The third kappa shape index (κ3) is 42.6. The van der Waals surface area contributed by atoms with Crippen LogP contribution in [0.2, 0.25) is 0 Å². The normalized spacial score (nSPS) is 25.9. The maximum atomic E-state index is 8.88. The molecule has 0 spiro atoms. The van der Waals surface area contributed by atoms with Crippen LogP contribution in [0.15, 0.2) is 170 Å². The molecule has 11 heteroatoms. The van der Waals surface area contributed by atoms with Crippen LogP contribution in [0.4, 0.5) is 0 Å². The molecule has 816 valence electrons. The van der Waals surface area contributed by atoms with Crippen molar-refractivity contribution in [2.24, 2.45) is 41.4 Å². The van der Waals surface area contributed by atoms with Crippen molar-refractivity contribution in [3.63, 3.8) is 0 Å². The molecule has 7 saturated carbocycles. The van der Waals surface area contributed by atoms with Gasteiger partial charge in [0.2, 0.25) is 0 Å². The lowest BCUT2D eigenvalue weighted by molar-refractivity contribution is 0.0304. The molecule has 0 aromatic heterocycles. The van der Waals surface area contributed by atoms with Crippen molar-refractivity contribution >= 4 is 0 Å². The lowest BCUT2D eigenvalue weighted by Gasteiger charge is -2.35. The van der Waals surface area contributed by atoms with E-state index in [0.29, 0.717) is 84.2 Å². The molecule has 21 unspecified atom stereocenters. The van der Waals surface area contributed by atoms with Crippen LogP contribution in [-0.4, -0.2) is 113 Å². The molecule has 11 nitrogen and oxygen atoms in total. The topological polar surface area (TPSA) is 116 Å². The van der Waals surface area contributed by atoms with Gasteiger partial charge in [0.1, 0.15) is 17.2 Å². The quantitative estimate of drug-likeness (QED) is 0.0363. The minimum absolute atomic E-state index is 0.332. The number of hydrogen-bond donors (Lipinski definition) is 0. The third-order valence-corrected chi connectivity index (χ3v) is 34.6. The maximum absolute atomic E-state index is 8.88. The summed E-state index contributed by atoms with van der Waals surface area (Å²) in [5.74, 6) is 12.8. The van der Waals surface area contributed by atoms with Crippen LogP contribution >= 0.6 is 0 Å². The van der Waals surface area contributed by atoms with Crippen LogP contribution < -0.4 is 14.2 Å². The lowest BCUT2D eigenvalue weighted by atomic mass is 9.75. The smallest absolute Gasteiger partial charge is 0.119 e. The Morgan fingerprint density at radius 1 is 0.226 bits per heavy atom. The van der Waals surface area contributed by atoms with E-state index in [1.165, 1.54) is 357 Å². The molecule has 7 aromatic carbocycles. The van der Waals surface area contributed by atoms with Gasteiger partial charge in [-0.15, -0.1) is 0 Å². The zero-order valence-corrected chi connectivity index (χ0v) is 96.4. The van der Waals surface area contributed by atoms with E-state index in [2.05, 4.69) is 240 Å². The Hall–Kier alpha value is -6.85. The third-order valence-electron chi connectivity index (χ3n) is 34.6. The number of ether oxygens (including phenoxy) is 10. The van der Waals surface area contributed by atoms with Crippen molar-refractivity contribution in [3.05, 3.63) is 231 Å². The van der Waals surface area contributed by atoms with Gasteiger partial charge in [-0.3, -0.25) is 0 Å². The fourth-order valence-electron chi connectivity index (χ4n) is 25.5. The summed E-state index contributed by atoms with van der Waals surface area (Å²) in [7, 11) is 14.8. The van der Waals surface area contributed by atoms with Crippen molar-refractivity contribution in [3.8, 4) is 23.3 Å². The SMILES string of the molecule is CCCCC1CCC(c2ccc(C#N)cc2)C(OC)C1.CCCCC1CCC(c2ccc(CC)cc2)C(OC)C1.CCCCC1CCC(c2ccc(CCC)cc2)C(OC)C1.CCCCC1CCC(c2ccc(OC)cc2)C(OC)C1.CCCCC1CCC(c2ccc(OCC)cc2)C(OC)C1.CCCCC1CCC(c2ccc(OCCC)cc2)C(OC)C1.CCCCc1ccc(C2CCC(CCCC)CC2OC)cc1. The summed E-state index contributed by atoms with van der Waals surface area (Å²) < 4.78 is 57.2. The van der Waals surface area contributed by atoms with E-state index in [1.54, 1.807) is 7.11 Å². The van der Waals surface area contributed by atoms with Gasteiger partial charge >= 0.3 is 0 Å². The van der Waals surface area contributed by atoms with E-state index in [0.717, 1.165) is 90.3 Å². The number of nitrogens with zero attached hydrogens (tertiary/aromatic N) is 1. The van der Waals surface area contributed by atoms with Gasteiger partial charge in [0.05, 0.1) is 74.7 Å². The second-order valence-electron chi connectivity index (χ2n) is 44.8. The molecule has 7 fully saturated rings. The molecule has 0 N–H and O–H groups in total. The van der Waals surface area contributed by atoms with E-state index in [-0.39, 0.29) is 0 Å². The van der Waals surface area contributed by atoms with Gasteiger partial charge in [0.25, 0.3) is 0 Å². The second kappa shape index (κ2) is 73.4. The Bertz CT molecular complexity index is 4180. The molecule has 0 aliphatic heterocycles. The highest BCUT2D eigenvalue weighted by Gasteiger charge is 2.39. The van der Waals surface area contributed by atoms with E-state index in [4.69, 9.17) is 52.6 Å². The maximum Gasteiger partial charge on any atom is 0.119 e. The Morgan fingerprint density at radius 2 is 0.445 bits per heavy atom. The van der Waals surface area contributed by atoms with Crippen LogP contribution in [-0.2, 0) is 52.4 Å². The predicted octanol–water partition coefficient (Wildman–Crippen LogP) is 37.4. The second-order valence-corrected chi connectivity index (χ2v) is 44.8. The fourth-order valence-corrected chi connectivity index (χ4v) is 25.5. The minimum Gasteiger partial charge on any atom is -0.497 e. The van der Waals surface area contributed by atoms with Crippen LogP contribution in [0, 0.1) is 52.8 Å². The molecular weight excluding hydrogens is 1800 g/mol. The summed E-state index contributed by atoms with van der Waals surface area (Å²) in [6.07, 6.45) is 66.2. The molecule has 7 aromatic rings. The highest BCUT2D eigenvalue weighted by molar-refractivity contribution is 5.37. The first-order valence-electron chi connectivity index (χ1n) is 60.0. The number of methoxy groups -OCH3 is 8. The molecule has 7 aliphatic rings. The Balaban J connectivity index is 0.000000208. The monoisotopic (exact) mass is 2010 g/mol. The number of benzene rings is 7. The van der Waals surface area contributed by atoms with Gasteiger partial charge in [0, 0.05) is 91.2 Å². The van der Waals surface area contributed by atoms with Gasteiger partial charge in [-0.05, 0) is 319 Å². The number of nitriles is 1. The average Bonchev–Trinajstić information content (AvgIpc) is 0.852. The summed E-state index contributed by atoms with van der Waals surface area (Å²) >= 11 is 0. The highest BCUT2D eigenvalue weighted by Crippen LogP contribution is 2.48. The number of hydrogen-bond acceptors (Lipinski definition) is 11. The molecular formula is C135H211NO10. The Kier molecular flexibility index (Phi) is 62.5. The van der Waals surface area contributed by atoms with Gasteiger partial charge in [-0.25, -0.2) is 0 Å². The summed E-state index contributed by atoms with van der Waals surface area (Å²) in [5.41, 5.74) is 15.1. The molecule has 146 heavy (non-hydrogen) atoms. The molecule has 0 heterocycles. The summed E-state index contributed by atoms with van der Waals surface area (Å²) in [6, 6.07) is 63.9. The molecule has 0 saturated heterocycles. The van der Waals surface area contributed by atoms with Gasteiger partial charge < -0.3 is 47.4 Å². The van der Waals surface area contributed by atoms with E-state index in [9.17, 15) is 0 Å². The number of aryl methyl sites for hydroxylation is 3. The first-order valence-corrected chi connectivity index (χ1v) is 60.0. The first kappa shape index (κ1) is 124. The van der Waals surface area contributed by atoms with Crippen molar-refractivity contribution in [1.29, 1.82) is 5.26 Å². The lowest BCUT2D eigenvalue weighted by Crippen LogP contribution is -2.29. The molecule has 21 atom stereocenters. The zero-order chi connectivity index (χ0) is 105. The van der Waals surface area contributed by atoms with Crippen LogP contribution in [0.3, 0.4) is 0 Å². The average molecular weight is 2010 g/mol. The Labute approximate surface area is 894 Å². The fraction of sp³-hybridized carbons (Fsp3) is 0.681. The van der Waals surface area contributed by atoms with E-state index >= 15 is 0 Å². The largest absolute Gasteiger partial charge is 0.497 e. The molecule has 7 aliphatic carbocycles. The molecule has 0 amide bonds. The molecule has 0 radical (unpaired) electrons. The summed E-state index contributed by atoms with van der Waals surface area (Å²) in [6.45, 7) is 28.3. The van der Waals surface area contributed by atoms with Crippen molar-refractivity contribution in [2.75, 3.05) is 70.1 Å². The van der Waals surface area contributed by atoms with Crippen molar-refractivity contribution in [1.82, 2.24) is 0 Å². The van der Waals surface area contributed by atoms with Gasteiger partial charge in [-0.2, -0.15) is 5.26 Å². The number of rotatable bonds is 47. The van der Waals surface area contributed by atoms with E-state index < -0.39 is 0 Å². The van der Waals surface area contributed by atoms with Gasteiger partial charge in [0.15, 0.2) is 0 Å². The van der Waals surface area contributed by atoms with E-state index in [1.807, 2.05) is 68.8 Å². The van der Waals surface area contributed by atoms with Gasteiger partial charge in [-0.1, -0.05) is 345 Å². The Morgan fingerprint density at radius 3 is 0.651 bits per heavy atom. The predicted molar refractivity (Wildman–Crippen MR) is 618 cm³/mol. The number of unbranched alkanes of at least 4 members (excludes halogenated alkanes) is 8. The zero-order valence-electron chi connectivity index (χ0n) is 96.4. The standard InChI is InChI=1S/C21H34O.C20H32O2.C20H32O.C19H30O2.C19H30O.C18H25NO.C18H28O2/c1-4-6-8-17-10-13-19(14-11-17)20-15-12-18(9-7-5-2)16-21(20)22-3;1-4-6-7-16-8-13-19(20(15-16)21-3)17-9-11-18(12-10-17)22-14-5-2;1-4-6-8-17-11-14-19(20(15-17)21-3)18-12-9-16(7-5-2)10-13-18;1-4-6-7-15-8-13-18(19(14-15)20-3)16-9-11-17(12-10-16)21-5-2;1-4-6-7-16-10-13-18(19(14-16)20-3)17-11-8-15(5-2)9-12-17;1-3-4-5-14-8-11-17(18(12-14)20-2)16-9-6-15(13-19)7-10-16;1-4-5-6-14-7-12-17(18(13-14)20-3)15-8-10-16(19-2)11-9-15/h10-11,13-14,18,20-21H,4-9,12,15-16H2,1-3H3;9-12,16,19-20H,4-8,13-15H2,1-3H3;9-10,12-13,17,19-20H,4-8,11,14-15H2,1-3H3;9-12,15,18-19H,4-8,13-14H2,1-3H3;8-9,11-12,16,18-19H,4-7,10,13-14H2,1-3H3;6-7,9-10,14,17-18H,3-5,8,11-12H2,1-2H3;8-11,14,17-18H,4-7,12-13H2,1-3H3. The highest BCUT2D eigenvalue weighted by atomic mass is 16.5. The van der Waals surface area contributed by atoms with Crippen LogP contribution in [0.1, 0.15) is 481 Å². The van der Waals surface area contributed by atoms with Crippen molar-refractivity contribution < 1.29 is 47.4 Å². The minimum atomic E-state index is 0.332. The summed E-state index contributed by atoms with van der Waals surface area (Å²) in [5, 5.41) is 8.88. The first-order chi connectivity index (χ1) is 71.5. The summed E-state index contributed by atoms with van der Waals surface area (Å²) in [4.78, 5) is 0. The van der Waals surface area contributed by atoms with Crippen molar-refractivity contribution in [2.45, 2.75) is 482 Å². The molecule has 0 bridgehead atoms. The molecule has 14 rings (SSSR count).